The van der Waals surface area contributed by atoms with Gasteiger partial charge in [0, 0.05) is 30.3 Å². The fourth-order valence-corrected chi connectivity index (χ4v) is 17.1. The van der Waals surface area contributed by atoms with Crippen molar-refractivity contribution in [3.05, 3.63) is 78.2 Å². The number of amides is 2. The zero-order valence-corrected chi connectivity index (χ0v) is 42.9. The van der Waals surface area contributed by atoms with Gasteiger partial charge in [0.1, 0.15) is 0 Å². The van der Waals surface area contributed by atoms with Gasteiger partial charge in [-0.25, -0.2) is 0 Å². The van der Waals surface area contributed by atoms with Crippen LogP contribution in [0.1, 0.15) is 209 Å². The van der Waals surface area contributed by atoms with Crippen LogP contribution in [0.4, 0.5) is 0 Å². The predicted octanol–water partition coefficient (Wildman–Crippen LogP) is 16.9. The Balaban J connectivity index is 1.21. The second-order valence-corrected chi connectivity index (χ2v) is 23.9. The molecule has 8 rings (SSSR count). The smallest absolute Gasteiger partial charge is 0.258 e. The highest BCUT2D eigenvalue weighted by molar-refractivity contribution is 7.23. The number of fused-ring (bicyclic) bond motifs is 7. The van der Waals surface area contributed by atoms with Crippen molar-refractivity contribution < 1.29 is 9.59 Å². The van der Waals surface area contributed by atoms with Gasteiger partial charge in [-0.15, -0.1) is 45.3 Å². The van der Waals surface area contributed by atoms with E-state index in [1.165, 1.54) is 151 Å². The molecule has 0 saturated carbocycles. The highest BCUT2D eigenvalue weighted by Gasteiger charge is 2.51. The van der Waals surface area contributed by atoms with Crippen molar-refractivity contribution in [1.29, 1.82) is 0 Å². The first-order valence-corrected chi connectivity index (χ1v) is 28.6. The summed E-state index contributed by atoms with van der Waals surface area (Å²) in [5.74, 6) is 2.25. The van der Waals surface area contributed by atoms with Crippen molar-refractivity contribution in [2.45, 2.75) is 188 Å². The van der Waals surface area contributed by atoms with E-state index >= 15 is 0 Å². The van der Waals surface area contributed by atoms with Crippen molar-refractivity contribution in [3.8, 4) is 19.5 Å². The zero-order valence-electron chi connectivity index (χ0n) is 39.7. The summed E-state index contributed by atoms with van der Waals surface area (Å²) in [6.07, 6.45) is 23.2. The number of carbonyl (C=O) groups is 2. The summed E-state index contributed by atoms with van der Waals surface area (Å²) in [7, 11) is 0. The topological polar surface area (TPSA) is 58.2 Å². The van der Waals surface area contributed by atoms with Gasteiger partial charge >= 0.3 is 0 Å². The molecule has 4 aromatic heterocycles. The lowest BCUT2D eigenvalue weighted by Gasteiger charge is -2.37. The van der Waals surface area contributed by atoms with Crippen LogP contribution in [0, 0.1) is 23.7 Å². The number of hydrogen-bond acceptors (Lipinski definition) is 6. The molecule has 2 aliphatic heterocycles. The predicted molar refractivity (Wildman–Crippen MR) is 274 cm³/mol. The van der Waals surface area contributed by atoms with Crippen LogP contribution in [0.3, 0.4) is 0 Å². The summed E-state index contributed by atoms with van der Waals surface area (Å²) >= 11 is 7.35. The van der Waals surface area contributed by atoms with Crippen LogP contribution >= 0.6 is 45.3 Å². The van der Waals surface area contributed by atoms with Gasteiger partial charge in [-0.2, -0.15) is 0 Å². The Kier molecular flexibility index (Phi) is 14.8. The fourth-order valence-electron chi connectivity index (χ4n) is 12.2. The summed E-state index contributed by atoms with van der Waals surface area (Å²) < 4.78 is 0. The number of hydrogen-bond donors (Lipinski definition) is 2. The Bertz CT molecular complexity index is 2310. The molecule has 63 heavy (non-hydrogen) atoms. The molecule has 6 heterocycles. The van der Waals surface area contributed by atoms with Crippen molar-refractivity contribution in [1.82, 2.24) is 10.6 Å². The quantitative estimate of drug-likeness (QED) is 0.0696. The molecule has 0 bridgehead atoms. The SMILES string of the molecule is CCCCC(CC)CC1(CC(CC)CCCC)c2ccsc2-c2sc(C3=C4C(=O)NC(c5cc6c(s5)-c5sccc5C6(CC(CC)CCCC)C[C@@H](C)CCCC)=C4C(=O)N3)cc21. The maximum atomic E-state index is 14.4. The molecular weight excluding hydrogens is 849 g/mol. The molecular formula is C55H74N2O2S4. The summed E-state index contributed by atoms with van der Waals surface area (Å²) in [5.41, 5.74) is 8.31. The minimum absolute atomic E-state index is 0.0517. The molecule has 2 amide bonds. The molecule has 340 valence electrons. The first-order chi connectivity index (χ1) is 30.6. The number of rotatable bonds is 25. The Labute approximate surface area is 395 Å². The average molecular weight is 923 g/mol. The molecule has 2 N–H and O–H groups in total. The maximum absolute atomic E-state index is 14.4. The van der Waals surface area contributed by atoms with Crippen molar-refractivity contribution in [3.63, 3.8) is 0 Å². The Morgan fingerprint density at radius 3 is 1.27 bits per heavy atom. The number of unbranched alkanes of at least 4 members (excludes halogenated alkanes) is 4. The summed E-state index contributed by atoms with van der Waals surface area (Å²) in [6, 6.07) is 9.68. The number of thiophene rings is 4. The molecule has 8 heteroatoms. The first-order valence-electron chi connectivity index (χ1n) is 25.2. The van der Waals surface area contributed by atoms with Crippen LogP contribution in [0.2, 0.25) is 0 Å². The second-order valence-electron chi connectivity index (χ2n) is 19.9. The molecule has 0 radical (unpaired) electrons. The highest BCUT2D eigenvalue weighted by Crippen LogP contribution is 2.63. The van der Waals surface area contributed by atoms with Crippen LogP contribution < -0.4 is 10.6 Å². The molecule has 0 spiro atoms. The molecule has 0 fully saturated rings. The lowest BCUT2D eigenvalue weighted by atomic mass is 9.66. The minimum Gasteiger partial charge on any atom is -0.320 e. The van der Waals surface area contributed by atoms with Crippen molar-refractivity contribution in [2.24, 2.45) is 23.7 Å². The van der Waals surface area contributed by atoms with Gasteiger partial charge in [0.2, 0.25) is 0 Å². The molecule has 4 aliphatic rings. The molecule has 4 nitrogen and oxygen atoms in total. The van der Waals surface area contributed by atoms with Gasteiger partial charge in [-0.05, 0) is 107 Å². The molecule has 2 aliphatic carbocycles. The monoisotopic (exact) mass is 922 g/mol. The van der Waals surface area contributed by atoms with Gasteiger partial charge in [0.05, 0.1) is 32.3 Å². The van der Waals surface area contributed by atoms with Crippen molar-refractivity contribution >= 4 is 68.6 Å². The summed E-state index contributed by atoms with van der Waals surface area (Å²) in [4.78, 5) is 36.4. The average Bonchev–Trinajstić information content (AvgIpc) is 4.15. The van der Waals surface area contributed by atoms with E-state index in [1.807, 2.05) is 22.7 Å². The first kappa shape index (κ1) is 46.7. The van der Waals surface area contributed by atoms with Crippen molar-refractivity contribution in [2.75, 3.05) is 0 Å². The van der Waals surface area contributed by atoms with E-state index in [1.54, 1.807) is 22.7 Å². The van der Waals surface area contributed by atoms with E-state index in [4.69, 9.17) is 0 Å². The molecule has 0 aromatic carbocycles. The van der Waals surface area contributed by atoms with E-state index in [-0.39, 0.29) is 22.6 Å². The standard InChI is InChI=1S/C55H74N2O2S4/c1-9-16-20-34(8)30-54(31-35(13-5)21-17-10-2)38-24-26-60-48(38)50-40(54)28-42(62-50)46-44-45(53(59)56-46)47(57-52(44)58)43-29-41-51(63-43)49-39(25-27-61-49)55(41,32-36(14-6)22-18-11-3)33-37(15-7)23-19-12-4/h24-29,34-37H,9-23,30-33H2,1-8H3,(H,56,59)(H,57,58)/t34-,35?,36?,37?,54?,55?/m0/s1. The van der Waals surface area contributed by atoms with Crippen LogP contribution in [-0.4, -0.2) is 11.8 Å². The van der Waals surface area contributed by atoms with E-state index < -0.39 is 0 Å². The van der Waals surface area contributed by atoms with Crippen LogP contribution in [0.25, 0.3) is 30.9 Å². The summed E-state index contributed by atoms with van der Waals surface area (Å²) in [5, 5.41) is 11.2. The van der Waals surface area contributed by atoms with Crippen LogP contribution in [0.5, 0.6) is 0 Å². The number of carbonyl (C=O) groups excluding carboxylic acids is 2. The third-order valence-electron chi connectivity index (χ3n) is 15.7. The van der Waals surface area contributed by atoms with Crippen LogP contribution in [-0.2, 0) is 20.4 Å². The molecule has 4 unspecified atom stereocenters. The van der Waals surface area contributed by atoms with Crippen LogP contribution in [0.15, 0.2) is 46.2 Å². The lowest BCUT2D eigenvalue weighted by molar-refractivity contribution is -0.117. The van der Waals surface area contributed by atoms with E-state index in [9.17, 15) is 9.59 Å². The third kappa shape index (κ3) is 8.48. The lowest BCUT2D eigenvalue weighted by Crippen LogP contribution is -2.31. The highest BCUT2D eigenvalue weighted by atomic mass is 32.1. The van der Waals surface area contributed by atoms with E-state index in [0.717, 1.165) is 22.6 Å². The van der Waals surface area contributed by atoms with E-state index in [2.05, 4.69) is 101 Å². The van der Waals surface area contributed by atoms with Gasteiger partial charge in [0.15, 0.2) is 0 Å². The van der Waals surface area contributed by atoms with Gasteiger partial charge in [-0.1, -0.05) is 152 Å². The van der Waals surface area contributed by atoms with Gasteiger partial charge < -0.3 is 10.6 Å². The number of nitrogens with one attached hydrogen (secondary N) is 2. The molecule has 0 saturated heterocycles. The van der Waals surface area contributed by atoms with Gasteiger partial charge in [-0.3, -0.25) is 9.59 Å². The third-order valence-corrected chi connectivity index (χ3v) is 20.2. The minimum atomic E-state index is -0.156. The normalized spacial score (nSPS) is 21.7. The Hall–Kier alpha value is -2.78. The van der Waals surface area contributed by atoms with Gasteiger partial charge in [0.25, 0.3) is 11.8 Å². The zero-order chi connectivity index (χ0) is 44.5. The summed E-state index contributed by atoms with van der Waals surface area (Å²) in [6.45, 7) is 18.9. The van der Waals surface area contributed by atoms with E-state index in [0.29, 0.717) is 46.2 Å². The Morgan fingerprint density at radius 2 is 0.889 bits per heavy atom. The maximum Gasteiger partial charge on any atom is 0.258 e. The second kappa shape index (κ2) is 20.0. The molecule has 4 aromatic rings. The largest absolute Gasteiger partial charge is 0.320 e. The molecule has 5 atom stereocenters. The fraction of sp³-hybridized carbons (Fsp3) is 0.600. The Morgan fingerprint density at radius 1 is 0.508 bits per heavy atom.